The van der Waals surface area contributed by atoms with Crippen molar-refractivity contribution in [1.29, 1.82) is 0 Å². The molecule has 0 saturated heterocycles. The molecule has 0 fully saturated rings. The van der Waals surface area contributed by atoms with Gasteiger partial charge >= 0.3 is 30.2 Å². The third kappa shape index (κ3) is 40.2. The molecule has 50 heavy (non-hydrogen) atoms. The van der Waals surface area contributed by atoms with E-state index in [9.17, 15) is 24.0 Å². The van der Waals surface area contributed by atoms with Gasteiger partial charge in [0.1, 0.15) is 0 Å². The number of nitrogens with one attached hydrogen (secondary N) is 5. The fraction of sp³-hybridized carbons (Fsp3) is 0.800. The molecule has 0 aliphatic heterocycles. The van der Waals surface area contributed by atoms with Gasteiger partial charge in [0.25, 0.3) is 0 Å². The summed E-state index contributed by atoms with van der Waals surface area (Å²) in [4.78, 5) is 62.1. The molecule has 0 saturated carbocycles. The van der Waals surface area contributed by atoms with Crippen LogP contribution < -0.4 is 47.1 Å². The molecule has 0 aromatic rings. The predicted molar refractivity (Wildman–Crippen MR) is 208 cm³/mol. The highest BCUT2D eigenvalue weighted by Gasteiger charge is 2.09. The number of hydrogen-bond donors (Lipinski definition) is 5. The van der Waals surface area contributed by atoms with Crippen molar-refractivity contribution in [3.8, 4) is 0 Å². The number of hydrogen-bond acceptors (Lipinski definition) is 5. The number of nitrogens with zero attached hydrogens (tertiary/aromatic N) is 5. The van der Waals surface area contributed by atoms with E-state index in [0.717, 1.165) is 65.4 Å². The zero-order valence-electron chi connectivity index (χ0n) is 30.7. The molecular formula is C25H65F5N10O5S5. The second-order valence-electron chi connectivity index (χ2n) is 8.01. The second kappa shape index (κ2) is 53.5. The molecule has 15 nitrogen and oxygen atoms in total. The maximum atomic E-state index is 10.7. The molecule has 0 heterocycles. The van der Waals surface area contributed by atoms with Crippen molar-refractivity contribution in [2.75, 3.05) is 65.4 Å². The summed E-state index contributed by atoms with van der Waals surface area (Å²) >= 11 is 14.5. The third-order valence-corrected chi connectivity index (χ3v) is 6.86. The third-order valence-electron chi connectivity index (χ3n) is 5.79. The minimum absolute atomic E-state index is 0. The largest absolute Gasteiger partial charge is 1.00 e. The number of carbonyl (C=O) groups is 5. The van der Waals surface area contributed by atoms with E-state index < -0.39 is 0 Å². The highest BCUT2D eigenvalue weighted by Crippen LogP contribution is 1.88. The van der Waals surface area contributed by atoms with Gasteiger partial charge < -0.3 is 48.0 Å². The van der Waals surface area contributed by atoms with Crippen LogP contribution in [0.1, 0.15) is 69.2 Å². The fourth-order valence-electron chi connectivity index (χ4n) is 2.95. The molecule has 0 aromatic heterocycles. The molecule has 0 rings (SSSR count). The summed E-state index contributed by atoms with van der Waals surface area (Å²) in [6.45, 7) is 26.8. The summed E-state index contributed by atoms with van der Waals surface area (Å²) in [7, 11) is 0. The summed E-state index contributed by atoms with van der Waals surface area (Å²) in [6, 6.07) is -0.432. The molecule has 10 amide bonds. The lowest BCUT2D eigenvalue weighted by Gasteiger charge is -2.14. The highest BCUT2D eigenvalue weighted by molar-refractivity contribution is 7.57. The van der Waals surface area contributed by atoms with Crippen molar-refractivity contribution in [3.63, 3.8) is 0 Å². The van der Waals surface area contributed by atoms with Crippen LogP contribution in [0.3, 0.4) is 0 Å². The summed E-state index contributed by atoms with van der Waals surface area (Å²) in [5, 5.41) is 0. The average molecular weight is 841 g/mol. The van der Waals surface area contributed by atoms with Crippen LogP contribution in [0.15, 0.2) is 0 Å². The van der Waals surface area contributed by atoms with Gasteiger partial charge in [0.2, 0.25) is 0 Å². The van der Waals surface area contributed by atoms with E-state index in [4.69, 9.17) is 0 Å². The Bertz CT molecular complexity index is 628. The summed E-state index contributed by atoms with van der Waals surface area (Å²) in [6.07, 6.45) is 0. The molecular weight excluding hydrogens is 776 g/mol. The van der Waals surface area contributed by atoms with Crippen LogP contribution in [0, 0.1) is 0 Å². The topological polar surface area (TPSA) is 162 Å². The monoisotopic (exact) mass is 840 g/mol. The Morgan fingerprint density at radius 3 is 0.400 bits per heavy atom. The van der Waals surface area contributed by atoms with E-state index >= 15 is 0 Å². The fourth-order valence-corrected chi connectivity index (χ4v) is 3.74. The smallest absolute Gasteiger partial charge is 0.358 e. The average Bonchev–Trinajstić information content (AvgIpc) is 3.07. The molecule has 0 aliphatic carbocycles. The molecule has 0 radical (unpaired) electrons. The number of halogens is 5. The normalized spacial score (nSPS) is 7.90. The van der Waals surface area contributed by atoms with E-state index in [-0.39, 0.29) is 53.7 Å². The first-order chi connectivity index (χ1) is 21.3. The number of rotatable bonds is 10. The molecule has 0 unspecified atom stereocenters. The summed E-state index contributed by atoms with van der Waals surface area (Å²) in [5.74, 6) is 0. The van der Waals surface area contributed by atoms with Crippen molar-refractivity contribution in [1.82, 2.24) is 48.1 Å². The molecule has 0 bridgehead atoms. The lowest BCUT2D eigenvalue weighted by Crippen LogP contribution is -3.00. The predicted octanol–water partition coefficient (Wildman–Crippen LogP) is -15.2. The van der Waals surface area contributed by atoms with E-state index in [0.29, 0.717) is 0 Å². The maximum Gasteiger partial charge on any atom is 0.358 e. The van der Waals surface area contributed by atoms with Gasteiger partial charge in [-0.3, -0.25) is 0 Å². The SMILES string of the molecule is CCN(CC)C(=O)N[SH2+].CCN(CC)C(=O)N[SH2+].CCN(CC)C(=O)N[SH2+].CCN(CC)C(=O)N[SH2+].CCN(CC)C(=O)N[SH2+].[F-].[F-].[F-].[F-].[F-]. The Balaban J connectivity index is -0.0000000488. The van der Waals surface area contributed by atoms with Gasteiger partial charge in [-0.2, -0.15) is 23.6 Å². The Morgan fingerprint density at radius 2 is 0.380 bits per heavy atom. The van der Waals surface area contributed by atoms with Crippen molar-refractivity contribution in [2.45, 2.75) is 69.2 Å². The molecule has 0 aliphatic rings. The number of carbonyl (C=O) groups excluding carboxylic acids is 5. The molecule has 0 spiro atoms. The Kier molecular flexibility index (Phi) is 78.4. The van der Waals surface area contributed by atoms with Crippen LogP contribution in [0.25, 0.3) is 0 Å². The van der Waals surface area contributed by atoms with Gasteiger partial charge in [-0.25, -0.2) is 24.0 Å². The molecule has 310 valence electrons. The van der Waals surface area contributed by atoms with Crippen molar-refractivity contribution >= 4 is 94.2 Å². The first-order valence-corrected chi connectivity index (χ1v) is 17.4. The first-order valence-electron chi connectivity index (χ1n) is 14.9. The van der Waals surface area contributed by atoms with Crippen LogP contribution in [-0.4, -0.2) is 120 Å². The van der Waals surface area contributed by atoms with Gasteiger partial charge in [0.15, 0.2) is 0 Å². The highest BCUT2D eigenvalue weighted by atomic mass is 32.1. The van der Waals surface area contributed by atoms with Crippen LogP contribution in [0.2, 0.25) is 0 Å². The lowest BCUT2D eigenvalue weighted by atomic mass is 10.5. The van der Waals surface area contributed by atoms with E-state index in [1.807, 2.05) is 69.2 Å². The number of urea groups is 5. The Morgan fingerprint density at radius 1 is 0.300 bits per heavy atom. The first kappa shape index (κ1) is 73.2. The van der Waals surface area contributed by atoms with Crippen molar-refractivity contribution in [2.24, 2.45) is 0 Å². The quantitative estimate of drug-likeness (QED) is 0.109. The summed E-state index contributed by atoms with van der Waals surface area (Å²) in [5.41, 5.74) is 0. The van der Waals surface area contributed by atoms with Gasteiger partial charge in [0, 0.05) is 65.4 Å². The Hall–Kier alpha value is -2.25. The van der Waals surface area contributed by atoms with Crippen molar-refractivity contribution < 1.29 is 47.5 Å². The standard InChI is InChI=1S/5C5H12N2OS.5FH/c5*1-3-7(4-2)5(8)6-9;;;;;/h5*9H,3-4H2,1-2H3,(H,6,8);5*1H. The minimum atomic E-state index is -0.0864. The van der Waals surface area contributed by atoms with Gasteiger partial charge in [-0.05, 0) is 69.2 Å². The maximum absolute atomic E-state index is 10.7. The van der Waals surface area contributed by atoms with Gasteiger partial charge in [0.05, 0.1) is 64.1 Å². The minimum Gasteiger partial charge on any atom is -1.00 e. The lowest BCUT2D eigenvalue weighted by molar-refractivity contribution is -0.00100. The van der Waals surface area contributed by atoms with Crippen LogP contribution in [0.5, 0.6) is 0 Å². The number of amides is 10. The molecule has 25 heteroatoms. The molecule has 0 aromatic carbocycles. The molecule has 0 atom stereocenters. The van der Waals surface area contributed by atoms with Crippen LogP contribution in [0.4, 0.5) is 24.0 Å². The second-order valence-corrected chi connectivity index (χ2v) is 9.26. The van der Waals surface area contributed by atoms with Gasteiger partial charge in [-0.15, -0.1) is 0 Å². The van der Waals surface area contributed by atoms with E-state index in [1.54, 1.807) is 24.5 Å². The van der Waals surface area contributed by atoms with Crippen molar-refractivity contribution in [3.05, 3.63) is 0 Å². The van der Waals surface area contributed by atoms with Crippen LogP contribution >= 0.6 is 0 Å². The van der Waals surface area contributed by atoms with Gasteiger partial charge in [-0.1, -0.05) is 0 Å². The van der Waals surface area contributed by atoms with Crippen LogP contribution in [-0.2, 0) is 64.1 Å². The Labute approximate surface area is 323 Å². The van der Waals surface area contributed by atoms with E-state index in [2.05, 4.69) is 87.7 Å². The molecule has 5 N–H and O–H groups in total. The zero-order valence-corrected chi connectivity index (χ0v) is 35.7. The van der Waals surface area contributed by atoms with E-state index in [1.165, 1.54) is 0 Å². The zero-order chi connectivity index (χ0) is 36.4. The summed E-state index contributed by atoms with van der Waals surface area (Å²) < 4.78 is 11.8.